The Morgan fingerprint density at radius 2 is 1.91 bits per heavy atom. The van der Waals surface area contributed by atoms with Gasteiger partial charge in [-0.15, -0.1) is 23.1 Å². The van der Waals surface area contributed by atoms with E-state index in [1.165, 1.54) is 0 Å². The van der Waals surface area contributed by atoms with E-state index in [-0.39, 0.29) is 0 Å². The van der Waals surface area contributed by atoms with Gasteiger partial charge in [-0.1, -0.05) is 30.3 Å². The highest BCUT2D eigenvalue weighted by Crippen LogP contribution is 2.39. The minimum Gasteiger partial charge on any atom is -0.333 e. The molecule has 0 N–H and O–H groups in total. The van der Waals surface area contributed by atoms with Crippen LogP contribution in [0, 0.1) is 0 Å². The van der Waals surface area contributed by atoms with Gasteiger partial charge in [0.2, 0.25) is 0 Å². The van der Waals surface area contributed by atoms with Gasteiger partial charge in [0, 0.05) is 18.0 Å². The van der Waals surface area contributed by atoms with E-state index in [0.717, 1.165) is 37.1 Å². The van der Waals surface area contributed by atoms with E-state index in [9.17, 15) is 0 Å². The number of imidazole rings is 1. The molecule has 0 saturated heterocycles. The predicted octanol–water partition coefficient (Wildman–Crippen LogP) is 4.48. The van der Waals surface area contributed by atoms with E-state index >= 15 is 0 Å². The number of nitrogens with zero attached hydrogens (tertiary/aromatic N) is 4. The Labute approximate surface area is 142 Å². The lowest BCUT2D eigenvalue weighted by Gasteiger charge is -2.03. The first-order chi connectivity index (χ1) is 11.3. The molecule has 4 rings (SSSR count). The summed E-state index contributed by atoms with van der Waals surface area (Å²) < 4.78 is 2.07. The van der Waals surface area contributed by atoms with E-state index < -0.39 is 0 Å². The second kappa shape index (κ2) is 5.79. The molecule has 3 heterocycles. The van der Waals surface area contributed by atoms with Gasteiger partial charge in [0.15, 0.2) is 0 Å². The number of hydrogen-bond donors (Lipinski definition) is 0. The minimum absolute atomic E-state index is 0.998. The number of aromatic nitrogens is 4. The Balaban J connectivity index is 1.94. The third kappa shape index (κ3) is 2.44. The molecule has 0 unspecified atom stereocenters. The lowest BCUT2D eigenvalue weighted by molar-refractivity contribution is 0.923. The van der Waals surface area contributed by atoms with E-state index in [1.807, 2.05) is 37.8 Å². The van der Waals surface area contributed by atoms with Crippen LogP contribution in [-0.4, -0.2) is 25.8 Å². The van der Waals surface area contributed by atoms with Crippen molar-refractivity contribution in [3.05, 3.63) is 49.1 Å². The van der Waals surface area contributed by atoms with Crippen molar-refractivity contribution in [3.63, 3.8) is 0 Å². The molecule has 0 saturated carbocycles. The van der Waals surface area contributed by atoms with Gasteiger partial charge in [-0.3, -0.25) is 0 Å². The van der Waals surface area contributed by atoms with Crippen molar-refractivity contribution in [3.8, 4) is 21.8 Å². The first-order valence-corrected chi connectivity index (χ1v) is 9.17. The van der Waals surface area contributed by atoms with E-state index in [0.29, 0.717) is 0 Å². The lowest BCUT2D eigenvalue weighted by atomic mass is 10.1. The van der Waals surface area contributed by atoms with Crippen molar-refractivity contribution in [1.29, 1.82) is 0 Å². The highest BCUT2D eigenvalue weighted by Gasteiger charge is 2.17. The molecule has 0 spiro atoms. The molecule has 3 aromatic heterocycles. The van der Waals surface area contributed by atoms with Gasteiger partial charge in [-0.05, 0) is 12.3 Å². The molecule has 0 aliphatic heterocycles. The molecule has 0 aliphatic carbocycles. The second-order valence-electron chi connectivity index (χ2n) is 5.13. The number of hydrogen-bond acceptors (Lipinski definition) is 5. The Morgan fingerprint density at radius 1 is 1.09 bits per heavy atom. The highest BCUT2D eigenvalue weighted by molar-refractivity contribution is 7.98. The van der Waals surface area contributed by atoms with E-state index in [4.69, 9.17) is 0 Å². The first-order valence-electron chi connectivity index (χ1n) is 7.13. The Bertz CT molecular complexity index is 973. The Hall–Kier alpha value is -2.18. The number of aryl methyl sites for hydroxylation is 1. The maximum atomic E-state index is 4.60. The quantitative estimate of drug-likeness (QED) is 0.408. The van der Waals surface area contributed by atoms with Gasteiger partial charge in [0.1, 0.15) is 16.2 Å². The number of thioether (sulfide) groups is 1. The maximum Gasteiger partial charge on any atom is 0.128 e. The summed E-state index contributed by atoms with van der Waals surface area (Å²) in [6.45, 7) is 0. The molecule has 6 heteroatoms. The van der Waals surface area contributed by atoms with Crippen LogP contribution in [-0.2, 0) is 7.05 Å². The summed E-state index contributed by atoms with van der Waals surface area (Å²) >= 11 is 3.33. The zero-order chi connectivity index (χ0) is 15.8. The molecule has 4 aromatic rings. The van der Waals surface area contributed by atoms with Crippen LogP contribution in [0.25, 0.3) is 32.0 Å². The molecule has 0 aliphatic rings. The molecule has 0 radical (unpaired) electrons. The molecule has 0 bridgehead atoms. The van der Waals surface area contributed by atoms with Crippen LogP contribution in [0.1, 0.15) is 0 Å². The average molecular weight is 338 g/mol. The van der Waals surface area contributed by atoms with E-state index in [1.54, 1.807) is 29.4 Å². The Morgan fingerprint density at radius 3 is 2.70 bits per heavy atom. The molecule has 0 fully saturated rings. The third-order valence-corrected chi connectivity index (χ3v) is 5.47. The van der Waals surface area contributed by atoms with Crippen LogP contribution in [0.4, 0.5) is 0 Å². The van der Waals surface area contributed by atoms with Gasteiger partial charge >= 0.3 is 0 Å². The minimum atomic E-state index is 0.998. The van der Waals surface area contributed by atoms with Crippen molar-refractivity contribution in [2.45, 2.75) is 5.03 Å². The summed E-state index contributed by atoms with van der Waals surface area (Å²) in [4.78, 5) is 15.6. The fourth-order valence-electron chi connectivity index (χ4n) is 2.64. The smallest absolute Gasteiger partial charge is 0.128 e. The molecule has 1 aromatic carbocycles. The van der Waals surface area contributed by atoms with Crippen LogP contribution in [0.3, 0.4) is 0 Å². The van der Waals surface area contributed by atoms with Crippen LogP contribution in [0.15, 0.2) is 54.1 Å². The standard InChI is InChI=1S/C17H14N4S2/c1-21-10-20-14(11-6-4-3-5-7-11)15(21)13-8-12-16(22-2)18-9-19-17(12)23-13/h3-10H,1-2H3. The van der Waals surface area contributed by atoms with Gasteiger partial charge in [-0.25, -0.2) is 15.0 Å². The molecular formula is C17H14N4S2. The predicted molar refractivity (Wildman–Crippen MR) is 96.8 cm³/mol. The van der Waals surface area contributed by atoms with Gasteiger partial charge in [-0.2, -0.15) is 0 Å². The summed E-state index contributed by atoms with van der Waals surface area (Å²) in [7, 11) is 2.03. The summed E-state index contributed by atoms with van der Waals surface area (Å²) in [6, 6.07) is 12.5. The molecule has 4 nitrogen and oxygen atoms in total. The maximum absolute atomic E-state index is 4.60. The summed E-state index contributed by atoms with van der Waals surface area (Å²) in [5.74, 6) is 0. The third-order valence-electron chi connectivity index (χ3n) is 3.70. The number of rotatable bonds is 3. The summed E-state index contributed by atoms with van der Waals surface area (Å²) in [6.07, 6.45) is 5.54. The van der Waals surface area contributed by atoms with E-state index in [2.05, 4.69) is 37.7 Å². The van der Waals surface area contributed by atoms with Crippen LogP contribution in [0.5, 0.6) is 0 Å². The fourth-order valence-corrected chi connectivity index (χ4v) is 4.32. The first kappa shape index (κ1) is 14.4. The van der Waals surface area contributed by atoms with Crippen LogP contribution >= 0.6 is 23.1 Å². The largest absolute Gasteiger partial charge is 0.333 e. The average Bonchev–Trinajstić information content (AvgIpc) is 3.18. The van der Waals surface area contributed by atoms with Crippen molar-refractivity contribution in [2.24, 2.45) is 7.05 Å². The molecule has 114 valence electrons. The highest BCUT2D eigenvalue weighted by atomic mass is 32.2. The second-order valence-corrected chi connectivity index (χ2v) is 6.96. The van der Waals surface area contributed by atoms with Gasteiger partial charge in [0.25, 0.3) is 0 Å². The van der Waals surface area contributed by atoms with Crippen LogP contribution in [0.2, 0.25) is 0 Å². The summed E-state index contributed by atoms with van der Waals surface area (Å²) in [5, 5.41) is 2.13. The monoisotopic (exact) mass is 338 g/mol. The number of fused-ring (bicyclic) bond motifs is 1. The normalized spacial score (nSPS) is 11.2. The molecule has 0 amide bonds. The molecule has 23 heavy (non-hydrogen) atoms. The fraction of sp³-hybridized carbons (Fsp3) is 0.118. The van der Waals surface area contributed by atoms with Gasteiger partial charge < -0.3 is 4.57 Å². The Kier molecular flexibility index (Phi) is 3.63. The van der Waals surface area contributed by atoms with Crippen LogP contribution < -0.4 is 0 Å². The zero-order valence-electron chi connectivity index (χ0n) is 12.7. The molecule has 0 atom stereocenters. The number of thiophene rings is 1. The van der Waals surface area contributed by atoms with Crippen molar-refractivity contribution >= 4 is 33.3 Å². The van der Waals surface area contributed by atoms with Gasteiger partial charge in [0.05, 0.1) is 22.6 Å². The van der Waals surface area contributed by atoms with Crippen molar-refractivity contribution in [2.75, 3.05) is 6.26 Å². The van der Waals surface area contributed by atoms with Crippen molar-refractivity contribution < 1.29 is 0 Å². The zero-order valence-corrected chi connectivity index (χ0v) is 14.4. The van der Waals surface area contributed by atoms with Crippen molar-refractivity contribution in [1.82, 2.24) is 19.5 Å². The topological polar surface area (TPSA) is 43.6 Å². The lowest BCUT2D eigenvalue weighted by Crippen LogP contribution is -1.89. The summed E-state index contributed by atoms with van der Waals surface area (Å²) in [5.41, 5.74) is 3.24. The SMILES string of the molecule is CSc1ncnc2sc(-c3c(-c4ccccc4)ncn3C)cc12. The molecular weight excluding hydrogens is 324 g/mol. The number of benzene rings is 1.